The molecule has 2 N–H and O–H groups in total. The van der Waals surface area contributed by atoms with Crippen LogP contribution < -0.4 is 4.72 Å². The lowest BCUT2D eigenvalue weighted by molar-refractivity contribution is 0.170. The van der Waals surface area contributed by atoms with E-state index in [9.17, 15) is 8.42 Å². The molecule has 0 aromatic heterocycles. The largest absolute Gasteiger partial charge is 0.396 e. The molecule has 114 valence electrons. The van der Waals surface area contributed by atoms with Crippen LogP contribution in [0.4, 0.5) is 0 Å². The van der Waals surface area contributed by atoms with Gasteiger partial charge in [-0.1, -0.05) is 31.5 Å². The van der Waals surface area contributed by atoms with Gasteiger partial charge >= 0.3 is 0 Å². The van der Waals surface area contributed by atoms with Crippen LogP contribution in [-0.4, -0.2) is 26.7 Å². The van der Waals surface area contributed by atoms with E-state index in [1.807, 2.05) is 13.8 Å². The average molecular weight is 320 g/mol. The molecule has 1 rings (SSSR count). The van der Waals surface area contributed by atoms with E-state index in [1.54, 1.807) is 12.1 Å². The van der Waals surface area contributed by atoms with E-state index in [4.69, 9.17) is 16.7 Å². The lowest BCUT2D eigenvalue weighted by Gasteiger charge is -2.31. The molecule has 20 heavy (non-hydrogen) atoms. The molecule has 0 aliphatic carbocycles. The van der Waals surface area contributed by atoms with E-state index in [2.05, 4.69) is 4.72 Å². The third-order valence-electron chi connectivity index (χ3n) is 3.89. The first-order valence-electron chi connectivity index (χ1n) is 6.75. The van der Waals surface area contributed by atoms with Crippen LogP contribution in [0, 0.1) is 5.41 Å². The molecule has 0 amide bonds. The second-order valence-corrected chi connectivity index (χ2v) is 7.17. The Kier molecular flexibility index (Phi) is 6.45. The van der Waals surface area contributed by atoms with Crippen LogP contribution in [0.15, 0.2) is 29.2 Å². The van der Waals surface area contributed by atoms with Crippen molar-refractivity contribution in [1.29, 1.82) is 0 Å². The summed E-state index contributed by atoms with van der Waals surface area (Å²) in [6.07, 6.45) is 2.20. The van der Waals surface area contributed by atoms with Crippen LogP contribution >= 0.6 is 11.6 Å². The first-order valence-corrected chi connectivity index (χ1v) is 8.61. The van der Waals surface area contributed by atoms with Crippen molar-refractivity contribution >= 4 is 21.6 Å². The van der Waals surface area contributed by atoms with Gasteiger partial charge in [-0.15, -0.1) is 0 Å². The van der Waals surface area contributed by atoms with Gasteiger partial charge in [-0.25, -0.2) is 13.1 Å². The second-order valence-electron chi connectivity index (χ2n) is 4.96. The smallest absolute Gasteiger partial charge is 0.240 e. The first kappa shape index (κ1) is 17.4. The molecule has 0 saturated heterocycles. The fourth-order valence-corrected chi connectivity index (χ4v) is 3.60. The maximum atomic E-state index is 12.2. The predicted octanol–water partition coefficient (Wildman–Crippen LogP) is 2.81. The number of hydrogen-bond donors (Lipinski definition) is 2. The van der Waals surface area contributed by atoms with E-state index < -0.39 is 10.0 Å². The van der Waals surface area contributed by atoms with Crippen molar-refractivity contribution in [3.8, 4) is 0 Å². The van der Waals surface area contributed by atoms with Crippen molar-refractivity contribution < 1.29 is 13.5 Å². The number of hydrogen-bond acceptors (Lipinski definition) is 3. The van der Waals surface area contributed by atoms with E-state index in [1.165, 1.54) is 12.1 Å². The minimum atomic E-state index is -3.57. The summed E-state index contributed by atoms with van der Waals surface area (Å²) in [6, 6.07) is 6.18. The maximum absolute atomic E-state index is 12.2. The zero-order valence-corrected chi connectivity index (χ0v) is 13.5. The molecule has 0 unspecified atom stereocenters. The van der Waals surface area contributed by atoms with Crippen LogP contribution in [0.2, 0.25) is 5.02 Å². The van der Waals surface area contributed by atoms with Crippen molar-refractivity contribution in [3.05, 3.63) is 29.3 Å². The summed E-state index contributed by atoms with van der Waals surface area (Å²) in [7, 11) is -3.57. The zero-order chi connectivity index (χ0) is 15.2. The quantitative estimate of drug-likeness (QED) is 0.774. The van der Waals surface area contributed by atoms with Gasteiger partial charge in [-0.05, 0) is 42.9 Å². The molecule has 0 radical (unpaired) electrons. The number of sulfonamides is 1. The van der Waals surface area contributed by atoms with Gasteiger partial charge in [-0.3, -0.25) is 0 Å². The van der Waals surface area contributed by atoms with Gasteiger partial charge in [-0.2, -0.15) is 0 Å². The Morgan fingerprint density at radius 2 is 1.95 bits per heavy atom. The Labute approximate surface area is 126 Å². The Hall–Kier alpha value is -0.620. The minimum Gasteiger partial charge on any atom is -0.396 e. The summed E-state index contributed by atoms with van der Waals surface area (Å²) >= 11 is 5.82. The molecule has 0 aliphatic heterocycles. The number of nitrogens with one attached hydrogen (secondary N) is 1. The van der Waals surface area contributed by atoms with Crippen LogP contribution in [0.5, 0.6) is 0 Å². The summed E-state index contributed by atoms with van der Waals surface area (Å²) < 4.78 is 27.1. The molecule has 1 aromatic carbocycles. The Bertz CT molecular complexity index is 527. The highest BCUT2D eigenvalue weighted by Crippen LogP contribution is 2.30. The molecule has 0 bridgehead atoms. The topological polar surface area (TPSA) is 66.4 Å². The fraction of sp³-hybridized carbons (Fsp3) is 0.571. The standard InChI is InChI=1S/C14H22ClNO3S/c1-3-14(4-2,8-9-17)11-16-20(18,19)13-7-5-6-12(15)10-13/h5-7,10,16-17H,3-4,8-9,11H2,1-2H3. The molecule has 0 atom stereocenters. The fourth-order valence-electron chi connectivity index (χ4n) is 2.14. The van der Waals surface area contributed by atoms with E-state index in [0.717, 1.165) is 12.8 Å². The van der Waals surface area contributed by atoms with Gasteiger partial charge in [0, 0.05) is 18.2 Å². The molecule has 0 spiro atoms. The maximum Gasteiger partial charge on any atom is 0.240 e. The van der Waals surface area contributed by atoms with Crippen LogP contribution in [0.25, 0.3) is 0 Å². The lowest BCUT2D eigenvalue weighted by Crippen LogP contribution is -2.37. The Morgan fingerprint density at radius 1 is 1.30 bits per heavy atom. The van der Waals surface area contributed by atoms with Crippen molar-refractivity contribution in [3.63, 3.8) is 0 Å². The van der Waals surface area contributed by atoms with Gasteiger partial charge in [0.2, 0.25) is 10.0 Å². The van der Waals surface area contributed by atoms with Gasteiger partial charge in [0.15, 0.2) is 0 Å². The third-order valence-corrected chi connectivity index (χ3v) is 5.52. The third kappa shape index (κ3) is 4.45. The van der Waals surface area contributed by atoms with Crippen molar-refractivity contribution in [2.45, 2.75) is 38.0 Å². The molecule has 1 aromatic rings. The van der Waals surface area contributed by atoms with Crippen molar-refractivity contribution in [1.82, 2.24) is 4.72 Å². The van der Waals surface area contributed by atoms with Crippen molar-refractivity contribution in [2.75, 3.05) is 13.2 Å². The number of rotatable bonds is 8. The van der Waals surface area contributed by atoms with Gasteiger partial charge < -0.3 is 5.11 Å². The number of aliphatic hydroxyl groups is 1. The van der Waals surface area contributed by atoms with Crippen LogP contribution in [0.1, 0.15) is 33.1 Å². The van der Waals surface area contributed by atoms with E-state index in [-0.39, 0.29) is 16.9 Å². The van der Waals surface area contributed by atoms with Crippen LogP contribution in [-0.2, 0) is 10.0 Å². The SMILES string of the molecule is CCC(CC)(CCO)CNS(=O)(=O)c1cccc(Cl)c1. The Balaban J connectivity index is 2.86. The summed E-state index contributed by atoms with van der Waals surface area (Å²) in [6.45, 7) is 4.38. The summed E-state index contributed by atoms with van der Waals surface area (Å²) in [5.74, 6) is 0. The average Bonchev–Trinajstić information content (AvgIpc) is 2.44. The zero-order valence-electron chi connectivity index (χ0n) is 11.9. The highest BCUT2D eigenvalue weighted by Gasteiger charge is 2.28. The molecule has 0 aliphatic rings. The molecule has 0 fully saturated rings. The minimum absolute atomic E-state index is 0.0561. The molecule has 4 nitrogen and oxygen atoms in total. The summed E-state index contributed by atoms with van der Waals surface area (Å²) in [5.41, 5.74) is -0.208. The first-order chi connectivity index (χ1) is 9.39. The molecule has 0 heterocycles. The predicted molar refractivity (Wildman–Crippen MR) is 81.4 cm³/mol. The van der Waals surface area contributed by atoms with Gasteiger partial charge in [0.05, 0.1) is 4.90 Å². The second kappa shape index (κ2) is 7.41. The highest BCUT2D eigenvalue weighted by molar-refractivity contribution is 7.89. The molecule has 6 heteroatoms. The van der Waals surface area contributed by atoms with Crippen LogP contribution in [0.3, 0.4) is 0 Å². The monoisotopic (exact) mass is 319 g/mol. The van der Waals surface area contributed by atoms with Gasteiger partial charge in [0.25, 0.3) is 0 Å². The Morgan fingerprint density at radius 3 is 2.45 bits per heavy atom. The number of aliphatic hydroxyl groups excluding tert-OH is 1. The number of halogens is 1. The van der Waals surface area contributed by atoms with Gasteiger partial charge in [0.1, 0.15) is 0 Å². The van der Waals surface area contributed by atoms with E-state index >= 15 is 0 Å². The molecule has 0 saturated carbocycles. The highest BCUT2D eigenvalue weighted by atomic mass is 35.5. The molecular weight excluding hydrogens is 298 g/mol. The summed E-state index contributed by atoms with van der Waals surface area (Å²) in [5, 5.41) is 9.54. The molecular formula is C14H22ClNO3S. The normalized spacial score (nSPS) is 12.6. The van der Waals surface area contributed by atoms with Crippen molar-refractivity contribution in [2.24, 2.45) is 5.41 Å². The number of benzene rings is 1. The van der Waals surface area contributed by atoms with E-state index in [0.29, 0.717) is 18.0 Å². The lowest BCUT2D eigenvalue weighted by atomic mass is 9.80. The summed E-state index contributed by atoms with van der Waals surface area (Å²) in [4.78, 5) is 0.162.